The van der Waals surface area contributed by atoms with Gasteiger partial charge in [0, 0.05) is 25.2 Å². The first-order valence-electron chi connectivity index (χ1n) is 6.44. The number of benzene rings is 1. The van der Waals surface area contributed by atoms with Crippen LogP contribution in [-0.4, -0.2) is 49.0 Å². The molecular formula is C14H21N3O. The highest BCUT2D eigenvalue weighted by atomic mass is 16.2. The molecule has 0 saturated carbocycles. The van der Waals surface area contributed by atoms with Crippen LogP contribution < -0.4 is 5.43 Å². The van der Waals surface area contributed by atoms with Crippen LogP contribution in [0.1, 0.15) is 23.2 Å². The largest absolute Gasteiger partial charge is 0.305 e. The van der Waals surface area contributed by atoms with E-state index in [0.29, 0.717) is 11.6 Å². The van der Waals surface area contributed by atoms with Crippen LogP contribution in [0.3, 0.4) is 0 Å². The van der Waals surface area contributed by atoms with Gasteiger partial charge in [0.2, 0.25) is 0 Å². The van der Waals surface area contributed by atoms with Gasteiger partial charge in [-0.05, 0) is 38.6 Å². The first-order chi connectivity index (χ1) is 8.66. The number of likely N-dealkylation sites (tertiary alicyclic amines) is 1. The summed E-state index contributed by atoms with van der Waals surface area (Å²) in [5.74, 6) is -0.0358. The molecule has 18 heavy (non-hydrogen) atoms. The van der Waals surface area contributed by atoms with Crippen LogP contribution in [0.2, 0.25) is 0 Å². The second-order valence-electron chi connectivity index (χ2n) is 4.98. The van der Waals surface area contributed by atoms with Crippen molar-refractivity contribution >= 4 is 5.91 Å². The van der Waals surface area contributed by atoms with Crippen molar-refractivity contribution in [1.82, 2.24) is 15.3 Å². The van der Waals surface area contributed by atoms with E-state index in [1.807, 2.05) is 42.4 Å². The average Bonchev–Trinajstić information content (AvgIpc) is 2.39. The van der Waals surface area contributed by atoms with E-state index >= 15 is 0 Å². The van der Waals surface area contributed by atoms with Gasteiger partial charge in [0.1, 0.15) is 0 Å². The lowest BCUT2D eigenvalue weighted by Gasteiger charge is -2.35. The van der Waals surface area contributed by atoms with Crippen LogP contribution in [-0.2, 0) is 0 Å². The van der Waals surface area contributed by atoms with Crippen molar-refractivity contribution in [3.05, 3.63) is 35.9 Å². The van der Waals surface area contributed by atoms with Gasteiger partial charge in [-0.3, -0.25) is 10.2 Å². The van der Waals surface area contributed by atoms with Crippen molar-refractivity contribution in [1.29, 1.82) is 0 Å². The quantitative estimate of drug-likeness (QED) is 0.819. The fourth-order valence-corrected chi connectivity index (χ4v) is 2.36. The Kier molecular flexibility index (Phi) is 4.33. The van der Waals surface area contributed by atoms with E-state index in [-0.39, 0.29) is 5.91 Å². The molecule has 2 rings (SSSR count). The molecule has 4 nitrogen and oxygen atoms in total. The summed E-state index contributed by atoms with van der Waals surface area (Å²) in [5.41, 5.74) is 3.66. The summed E-state index contributed by atoms with van der Waals surface area (Å²) in [6, 6.07) is 9.73. The van der Waals surface area contributed by atoms with Crippen molar-refractivity contribution in [2.24, 2.45) is 0 Å². The third-order valence-corrected chi connectivity index (χ3v) is 3.46. The summed E-state index contributed by atoms with van der Waals surface area (Å²) in [6.07, 6.45) is 2.32. The molecule has 1 unspecified atom stereocenters. The average molecular weight is 247 g/mol. The van der Waals surface area contributed by atoms with Crippen LogP contribution in [0.15, 0.2) is 30.3 Å². The lowest BCUT2D eigenvalue weighted by Crippen LogP contribution is -2.52. The number of amides is 1. The first kappa shape index (κ1) is 13.1. The molecule has 0 aromatic heterocycles. The number of hydrogen-bond acceptors (Lipinski definition) is 3. The molecule has 1 heterocycles. The predicted molar refractivity (Wildman–Crippen MR) is 72.2 cm³/mol. The van der Waals surface area contributed by atoms with Crippen molar-refractivity contribution in [2.45, 2.75) is 18.9 Å². The number of hydrogen-bond donors (Lipinski definition) is 1. The summed E-state index contributed by atoms with van der Waals surface area (Å²) in [7, 11) is 4.07. The van der Waals surface area contributed by atoms with E-state index in [1.54, 1.807) is 0 Å². The Morgan fingerprint density at radius 2 is 2.11 bits per heavy atom. The number of hydrazine groups is 1. The SMILES string of the molecule is CN1CCCC(N(C)NC(=O)c2ccccc2)C1. The molecule has 98 valence electrons. The van der Waals surface area contributed by atoms with Gasteiger partial charge < -0.3 is 4.90 Å². The van der Waals surface area contributed by atoms with Gasteiger partial charge in [-0.1, -0.05) is 18.2 Å². The third-order valence-electron chi connectivity index (χ3n) is 3.46. The summed E-state index contributed by atoms with van der Waals surface area (Å²) in [6.45, 7) is 2.16. The van der Waals surface area contributed by atoms with E-state index in [4.69, 9.17) is 0 Å². The van der Waals surface area contributed by atoms with Crippen LogP contribution in [0.5, 0.6) is 0 Å². The Morgan fingerprint density at radius 3 is 2.78 bits per heavy atom. The second-order valence-corrected chi connectivity index (χ2v) is 4.98. The predicted octanol–water partition coefficient (Wildman–Crippen LogP) is 1.36. The van der Waals surface area contributed by atoms with E-state index in [1.165, 1.54) is 6.42 Å². The van der Waals surface area contributed by atoms with Crippen LogP contribution in [0.25, 0.3) is 0 Å². The second kappa shape index (κ2) is 5.98. The molecule has 1 aromatic carbocycles. The minimum Gasteiger partial charge on any atom is -0.305 e. The van der Waals surface area contributed by atoms with Crippen molar-refractivity contribution in [2.75, 3.05) is 27.2 Å². The Morgan fingerprint density at radius 1 is 1.39 bits per heavy atom. The monoisotopic (exact) mass is 247 g/mol. The molecule has 0 bridgehead atoms. The Hall–Kier alpha value is -1.39. The molecule has 1 atom stereocenters. The van der Waals surface area contributed by atoms with E-state index in [2.05, 4.69) is 17.4 Å². The number of likely N-dealkylation sites (N-methyl/N-ethyl adjacent to an activating group) is 2. The molecule has 1 fully saturated rings. The lowest BCUT2D eigenvalue weighted by molar-refractivity contribution is 0.0629. The molecule has 0 spiro atoms. The summed E-state index contributed by atoms with van der Waals surface area (Å²) in [4.78, 5) is 14.3. The van der Waals surface area contributed by atoms with Crippen molar-refractivity contribution in [3.63, 3.8) is 0 Å². The maximum absolute atomic E-state index is 12.0. The molecular weight excluding hydrogens is 226 g/mol. The van der Waals surface area contributed by atoms with Gasteiger partial charge in [-0.25, -0.2) is 5.01 Å². The topological polar surface area (TPSA) is 35.6 Å². The third kappa shape index (κ3) is 3.31. The lowest BCUT2D eigenvalue weighted by atomic mass is 10.1. The van der Waals surface area contributed by atoms with Crippen LogP contribution >= 0.6 is 0 Å². The van der Waals surface area contributed by atoms with E-state index in [0.717, 1.165) is 19.5 Å². The Balaban J connectivity index is 1.91. The molecule has 1 saturated heterocycles. The van der Waals surface area contributed by atoms with Crippen LogP contribution in [0, 0.1) is 0 Å². The highest BCUT2D eigenvalue weighted by Crippen LogP contribution is 2.12. The van der Waals surface area contributed by atoms with Gasteiger partial charge in [0.25, 0.3) is 5.91 Å². The number of carbonyl (C=O) groups excluding carboxylic acids is 1. The fourth-order valence-electron chi connectivity index (χ4n) is 2.36. The molecule has 0 radical (unpaired) electrons. The van der Waals surface area contributed by atoms with Gasteiger partial charge in [-0.2, -0.15) is 0 Å². The number of nitrogens with zero attached hydrogens (tertiary/aromatic N) is 2. The normalized spacial score (nSPS) is 20.9. The van der Waals surface area contributed by atoms with Crippen molar-refractivity contribution < 1.29 is 4.79 Å². The minimum absolute atomic E-state index is 0.0358. The smallest absolute Gasteiger partial charge is 0.265 e. The fraction of sp³-hybridized carbons (Fsp3) is 0.500. The van der Waals surface area contributed by atoms with Gasteiger partial charge >= 0.3 is 0 Å². The highest BCUT2D eigenvalue weighted by Gasteiger charge is 2.22. The molecule has 1 aliphatic rings. The highest BCUT2D eigenvalue weighted by molar-refractivity contribution is 5.93. The maximum Gasteiger partial charge on any atom is 0.265 e. The van der Waals surface area contributed by atoms with Crippen LogP contribution in [0.4, 0.5) is 0 Å². The zero-order chi connectivity index (χ0) is 13.0. The zero-order valence-electron chi connectivity index (χ0n) is 11.1. The number of nitrogens with one attached hydrogen (secondary N) is 1. The number of carbonyl (C=O) groups is 1. The minimum atomic E-state index is -0.0358. The molecule has 0 aliphatic carbocycles. The summed E-state index contributed by atoms with van der Waals surface area (Å²) in [5, 5.41) is 1.95. The number of rotatable bonds is 3. The zero-order valence-corrected chi connectivity index (χ0v) is 11.1. The first-order valence-corrected chi connectivity index (χ1v) is 6.44. The van der Waals surface area contributed by atoms with Crippen molar-refractivity contribution in [3.8, 4) is 0 Å². The van der Waals surface area contributed by atoms with E-state index in [9.17, 15) is 4.79 Å². The summed E-state index contributed by atoms with van der Waals surface area (Å²) < 4.78 is 0. The van der Waals surface area contributed by atoms with Gasteiger partial charge in [0.05, 0.1) is 0 Å². The molecule has 1 aromatic rings. The maximum atomic E-state index is 12.0. The Bertz CT molecular complexity index is 393. The molecule has 1 N–H and O–H groups in total. The van der Waals surface area contributed by atoms with Gasteiger partial charge in [0.15, 0.2) is 0 Å². The summed E-state index contributed by atoms with van der Waals surface area (Å²) >= 11 is 0. The molecule has 1 amide bonds. The Labute approximate surface area is 109 Å². The van der Waals surface area contributed by atoms with E-state index < -0.39 is 0 Å². The molecule has 1 aliphatic heterocycles. The molecule has 4 heteroatoms. The standard InChI is InChI=1S/C14H21N3O/c1-16-10-6-9-13(11-16)17(2)15-14(18)12-7-4-3-5-8-12/h3-5,7-8,13H,6,9-11H2,1-2H3,(H,15,18). The number of piperidine rings is 1. The van der Waals surface area contributed by atoms with Gasteiger partial charge in [-0.15, -0.1) is 0 Å².